The summed E-state index contributed by atoms with van der Waals surface area (Å²) < 4.78 is 2.21. The Labute approximate surface area is 144 Å². The minimum absolute atomic E-state index is 0.0841. The fraction of sp³-hybridized carbons (Fsp3) is 0.353. The number of aromatic nitrogens is 2. The molecular weight excluding hydrogens is 328 g/mol. The lowest BCUT2D eigenvalue weighted by atomic mass is 9.96. The summed E-state index contributed by atoms with van der Waals surface area (Å²) in [6, 6.07) is 9.03. The van der Waals surface area contributed by atoms with E-state index < -0.39 is 11.2 Å². The summed E-state index contributed by atoms with van der Waals surface area (Å²) in [7, 11) is 2.89. The lowest BCUT2D eigenvalue weighted by molar-refractivity contribution is 0.538. The third kappa shape index (κ3) is 3.22. The highest BCUT2D eigenvalue weighted by atomic mass is 35.5. The van der Waals surface area contributed by atoms with Crippen molar-refractivity contribution < 1.29 is 0 Å². The highest BCUT2D eigenvalue weighted by molar-refractivity contribution is 6.30. The second-order valence-electron chi connectivity index (χ2n) is 5.96. The summed E-state index contributed by atoms with van der Waals surface area (Å²) >= 11 is 5.94. The highest BCUT2D eigenvalue weighted by Gasteiger charge is 2.21. The van der Waals surface area contributed by atoms with E-state index >= 15 is 0 Å². The van der Waals surface area contributed by atoms with Gasteiger partial charge in [-0.25, -0.2) is 4.79 Å². The number of nitriles is 1. The molecule has 1 aromatic heterocycles. The van der Waals surface area contributed by atoms with Crippen molar-refractivity contribution in [2.45, 2.75) is 19.9 Å². The van der Waals surface area contributed by atoms with Gasteiger partial charge < -0.3 is 5.32 Å². The van der Waals surface area contributed by atoms with Crippen LogP contribution in [0.2, 0.25) is 5.02 Å². The van der Waals surface area contributed by atoms with Gasteiger partial charge in [0.1, 0.15) is 11.9 Å². The highest BCUT2D eigenvalue weighted by Crippen LogP contribution is 2.27. The molecule has 1 heterocycles. The SMILES string of the molecule is CC(C)[C@@H](Nc1c(C#N)c(=O)n(C)c(=O)n1C)c1ccc(Cl)cc1. The molecule has 1 N–H and O–H groups in total. The largest absolute Gasteiger partial charge is 0.363 e. The first kappa shape index (κ1) is 17.8. The van der Waals surface area contributed by atoms with Gasteiger partial charge in [-0.3, -0.25) is 13.9 Å². The molecule has 7 heteroatoms. The van der Waals surface area contributed by atoms with Crippen molar-refractivity contribution in [1.29, 1.82) is 5.26 Å². The van der Waals surface area contributed by atoms with E-state index in [0.29, 0.717) is 5.02 Å². The Bertz CT molecular complexity index is 904. The van der Waals surface area contributed by atoms with Crippen molar-refractivity contribution in [3.05, 3.63) is 61.3 Å². The van der Waals surface area contributed by atoms with Gasteiger partial charge in [-0.05, 0) is 23.6 Å². The number of nitrogens with zero attached hydrogens (tertiary/aromatic N) is 3. The van der Waals surface area contributed by atoms with E-state index in [1.807, 2.05) is 32.0 Å². The molecule has 0 bridgehead atoms. The Morgan fingerprint density at radius 3 is 2.21 bits per heavy atom. The maximum absolute atomic E-state index is 12.2. The Hall–Kier alpha value is -2.52. The standard InChI is InChI=1S/C17H19ClN4O2/c1-10(2)14(11-5-7-12(18)8-6-11)20-15-13(9-19)16(23)22(4)17(24)21(15)3/h5-8,10,14,20H,1-4H3/t14-/m1/s1. The van der Waals surface area contributed by atoms with Crippen LogP contribution in [-0.4, -0.2) is 9.13 Å². The normalized spacial score (nSPS) is 12.0. The third-order valence-corrected chi connectivity index (χ3v) is 4.22. The Morgan fingerprint density at radius 1 is 1.12 bits per heavy atom. The van der Waals surface area contributed by atoms with E-state index in [1.165, 1.54) is 18.7 Å². The fourth-order valence-electron chi connectivity index (χ4n) is 2.57. The second-order valence-corrected chi connectivity index (χ2v) is 6.40. The average Bonchev–Trinajstić information content (AvgIpc) is 2.55. The predicted octanol–water partition coefficient (Wildman–Crippen LogP) is 2.42. The number of halogens is 1. The molecule has 2 rings (SSSR count). The topological polar surface area (TPSA) is 79.8 Å². The zero-order valence-corrected chi connectivity index (χ0v) is 14.8. The van der Waals surface area contributed by atoms with E-state index in [1.54, 1.807) is 12.1 Å². The van der Waals surface area contributed by atoms with E-state index in [9.17, 15) is 14.9 Å². The van der Waals surface area contributed by atoms with Crippen molar-refractivity contribution in [3.63, 3.8) is 0 Å². The van der Waals surface area contributed by atoms with Crippen molar-refractivity contribution in [2.75, 3.05) is 5.32 Å². The predicted molar refractivity (Wildman–Crippen MR) is 94.3 cm³/mol. The Balaban J connectivity index is 2.59. The van der Waals surface area contributed by atoms with Crippen molar-refractivity contribution in [1.82, 2.24) is 9.13 Å². The van der Waals surface area contributed by atoms with E-state index in [4.69, 9.17) is 11.6 Å². The summed E-state index contributed by atoms with van der Waals surface area (Å²) in [5, 5.41) is 13.2. The summed E-state index contributed by atoms with van der Waals surface area (Å²) in [6.07, 6.45) is 0. The smallest absolute Gasteiger partial charge is 0.332 e. The number of anilines is 1. The molecule has 126 valence electrons. The average molecular weight is 347 g/mol. The molecular formula is C17H19ClN4O2. The van der Waals surface area contributed by atoms with Crippen LogP contribution in [-0.2, 0) is 14.1 Å². The van der Waals surface area contributed by atoms with E-state index in [2.05, 4.69) is 5.32 Å². The molecule has 0 aliphatic carbocycles. The molecule has 0 aliphatic heterocycles. The number of hydrogen-bond acceptors (Lipinski definition) is 4. The molecule has 1 atom stereocenters. The number of rotatable bonds is 4. The van der Waals surface area contributed by atoms with Gasteiger partial charge >= 0.3 is 5.69 Å². The van der Waals surface area contributed by atoms with Gasteiger partial charge in [0.25, 0.3) is 5.56 Å². The van der Waals surface area contributed by atoms with E-state index in [0.717, 1.165) is 10.1 Å². The van der Waals surface area contributed by atoms with Gasteiger partial charge in [0.2, 0.25) is 0 Å². The molecule has 1 aromatic carbocycles. The summed E-state index contributed by atoms with van der Waals surface area (Å²) in [5.41, 5.74) is -0.229. The molecule has 0 aliphatic rings. The molecule has 2 aromatic rings. The first-order valence-corrected chi connectivity index (χ1v) is 7.87. The Morgan fingerprint density at radius 2 is 1.71 bits per heavy atom. The van der Waals surface area contributed by atoms with Crippen LogP contribution in [0.25, 0.3) is 0 Å². The first-order chi connectivity index (χ1) is 11.3. The van der Waals surface area contributed by atoms with Crippen molar-refractivity contribution in [2.24, 2.45) is 20.0 Å². The van der Waals surface area contributed by atoms with Gasteiger partial charge in [-0.1, -0.05) is 37.6 Å². The van der Waals surface area contributed by atoms with Crippen LogP contribution < -0.4 is 16.6 Å². The molecule has 0 saturated carbocycles. The zero-order chi connectivity index (χ0) is 18.0. The third-order valence-electron chi connectivity index (χ3n) is 3.96. The van der Waals surface area contributed by atoms with Gasteiger partial charge in [0.05, 0.1) is 6.04 Å². The molecule has 0 unspecified atom stereocenters. The fourth-order valence-corrected chi connectivity index (χ4v) is 2.69. The minimum atomic E-state index is -0.610. The lowest BCUT2D eigenvalue weighted by Gasteiger charge is -2.26. The zero-order valence-electron chi connectivity index (χ0n) is 14.0. The van der Waals surface area contributed by atoms with Gasteiger partial charge in [0.15, 0.2) is 5.56 Å². The maximum atomic E-state index is 12.2. The molecule has 0 spiro atoms. The number of hydrogen-bond donors (Lipinski definition) is 1. The van der Waals surface area contributed by atoms with E-state index in [-0.39, 0.29) is 23.3 Å². The number of benzene rings is 1. The molecule has 0 radical (unpaired) electrons. The number of nitrogens with one attached hydrogen (secondary N) is 1. The summed E-state index contributed by atoms with van der Waals surface area (Å²) in [4.78, 5) is 24.4. The lowest BCUT2D eigenvalue weighted by Crippen LogP contribution is -2.40. The second kappa shape index (κ2) is 6.93. The molecule has 0 saturated heterocycles. The van der Waals surface area contributed by atoms with Crippen LogP contribution in [0, 0.1) is 17.2 Å². The Kier molecular flexibility index (Phi) is 5.15. The first-order valence-electron chi connectivity index (χ1n) is 7.50. The van der Waals surface area contributed by atoms with Crippen LogP contribution >= 0.6 is 11.6 Å². The van der Waals surface area contributed by atoms with Crippen LogP contribution in [0.1, 0.15) is 31.0 Å². The molecule has 0 fully saturated rings. The van der Waals surface area contributed by atoms with Gasteiger partial charge in [-0.15, -0.1) is 0 Å². The molecule has 0 amide bonds. The summed E-state index contributed by atoms with van der Waals surface area (Å²) in [6.45, 7) is 4.02. The molecule has 24 heavy (non-hydrogen) atoms. The minimum Gasteiger partial charge on any atom is -0.363 e. The maximum Gasteiger partial charge on any atom is 0.332 e. The van der Waals surface area contributed by atoms with Crippen LogP contribution in [0.4, 0.5) is 5.82 Å². The van der Waals surface area contributed by atoms with Gasteiger partial charge in [-0.2, -0.15) is 5.26 Å². The van der Waals surface area contributed by atoms with Crippen molar-refractivity contribution >= 4 is 17.4 Å². The van der Waals surface area contributed by atoms with Crippen LogP contribution in [0.15, 0.2) is 33.9 Å². The van der Waals surface area contributed by atoms with Crippen LogP contribution in [0.3, 0.4) is 0 Å². The summed E-state index contributed by atoms with van der Waals surface area (Å²) in [5.74, 6) is 0.371. The quantitative estimate of drug-likeness (QED) is 0.922. The molecule has 6 nitrogen and oxygen atoms in total. The van der Waals surface area contributed by atoms with Gasteiger partial charge in [0, 0.05) is 19.1 Å². The monoisotopic (exact) mass is 346 g/mol. The van der Waals surface area contributed by atoms with Crippen molar-refractivity contribution in [3.8, 4) is 6.07 Å². The van der Waals surface area contributed by atoms with Crippen LogP contribution in [0.5, 0.6) is 0 Å².